The molecular formula is C23H22F3NO4. The SMILES string of the molecule is C=CCC1(C(=O)OC)C(=O)Nc2ccc(C(F)(F)F)cc2CC1c1ccc(OC)cc1. The number of halogens is 3. The van der Waals surface area contributed by atoms with E-state index in [1.165, 1.54) is 26.4 Å². The van der Waals surface area contributed by atoms with Crippen molar-refractivity contribution in [3.63, 3.8) is 0 Å². The van der Waals surface area contributed by atoms with Gasteiger partial charge >= 0.3 is 12.1 Å². The van der Waals surface area contributed by atoms with Crippen molar-refractivity contribution in [2.24, 2.45) is 5.41 Å². The average molecular weight is 433 g/mol. The highest BCUT2D eigenvalue weighted by atomic mass is 19.4. The lowest BCUT2D eigenvalue weighted by atomic mass is 9.67. The second-order valence-electron chi connectivity index (χ2n) is 7.31. The Labute approximate surface area is 177 Å². The third kappa shape index (κ3) is 4.02. The van der Waals surface area contributed by atoms with Crippen LogP contribution in [0.15, 0.2) is 55.1 Å². The lowest BCUT2D eigenvalue weighted by molar-refractivity contribution is -0.158. The number of methoxy groups -OCH3 is 2. The number of esters is 1. The van der Waals surface area contributed by atoms with Crippen LogP contribution in [0.3, 0.4) is 0 Å². The molecule has 1 aliphatic heterocycles. The number of ether oxygens (including phenoxy) is 2. The summed E-state index contributed by atoms with van der Waals surface area (Å²) < 4.78 is 50.1. The number of carbonyl (C=O) groups is 2. The number of fused-ring (bicyclic) bond motifs is 1. The number of hydrogen-bond acceptors (Lipinski definition) is 4. The predicted octanol–water partition coefficient (Wildman–Crippen LogP) is 4.73. The quantitative estimate of drug-likeness (QED) is 0.421. The van der Waals surface area contributed by atoms with Crippen molar-refractivity contribution < 1.29 is 32.2 Å². The van der Waals surface area contributed by atoms with E-state index in [0.29, 0.717) is 11.3 Å². The van der Waals surface area contributed by atoms with Crippen LogP contribution in [0.5, 0.6) is 5.75 Å². The monoisotopic (exact) mass is 433 g/mol. The summed E-state index contributed by atoms with van der Waals surface area (Å²) in [4.78, 5) is 26.4. The summed E-state index contributed by atoms with van der Waals surface area (Å²) in [6.07, 6.45) is -3.15. The van der Waals surface area contributed by atoms with Gasteiger partial charge in [0.1, 0.15) is 5.75 Å². The number of hydrogen-bond donors (Lipinski definition) is 1. The highest BCUT2D eigenvalue weighted by Crippen LogP contribution is 2.48. The molecule has 2 aromatic carbocycles. The van der Waals surface area contributed by atoms with Gasteiger partial charge < -0.3 is 14.8 Å². The standard InChI is InChI=1S/C23H22F3NO4/c1-4-11-22(21(29)31-3)18(14-5-8-17(30-2)9-6-14)13-15-12-16(23(24,25)26)7-10-19(15)27-20(22)28/h4-10,12,18H,1,11,13H2,2-3H3,(H,27,28). The van der Waals surface area contributed by atoms with E-state index in [2.05, 4.69) is 11.9 Å². The van der Waals surface area contributed by atoms with Crippen LogP contribution in [-0.4, -0.2) is 26.1 Å². The molecule has 2 aromatic rings. The van der Waals surface area contributed by atoms with Gasteiger partial charge in [0.05, 0.1) is 19.8 Å². The second-order valence-corrected chi connectivity index (χ2v) is 7.31. The van der Waals surface area contributed by atoms with Crippen molar-refractivity contribution in [2.45, 2.75) is 24.9 Å². The Morgan fingerprint density at radius 2 is 1.90 bits per heavy atom. The number of rotatable bonds is 5. The number of allylic oxidation sites excluding steroid dienone is 1. The molecule has 31 heavy (non-hydrogen) atoms. The minimum Gasteiger partial charge on any atom is -0.497 e. The van der Waals surface area contributed by atoms with Crippen LogP contribution in [-0.2, 0) is 26.9 Å². The summed E-state index contributed by atoms with van der Waals surface area (Å²) in [6.45, 7) is 3.68. The fourth-order valence-electron chi connectivity index (χ4n) is 4.05. The maximum atomic E-state index is 13.4. The van der Waals surface area contributed by atoms with Gasteiger partial charge in [0.25, 0.3) is 0 Å². The number of amides is 1. The van der Waals surface area contributed by atoms with Gasteiger partial charge in [-0.2, -0.15) is 13.2 Å². The zero-order valence-electron chi connectivity index (χ0n) is 17.1. The zero-order valence-corrected chi connectivity index (χ0v) is 17.1. The van der Waals surface area contributed by atoms with E-state index in [-0.39, 0.29) is 24.1 Å². The first-order valence-electron chi connectivity index (χ1n) is 9.52. The van der Waals surface area contributed by atoms with Crippen LogP contribution >= 0.6 is 0 Å². The number of nitrogens with one attached hydrogen (secondary N) is 1. The number of benzene rings is 2. The van der Waals surface area contributed by atoms with Crippen LogP contribution < -0.4 is 10.1 Å². The number of alkyl halides is 3. The molecule has 8 heteroatoms. The molecule has 2 unspecified atom stereocenters. The molecule has 0 spiro atoms. The molecule has 5 nitrogen and oxygen atoms in total. The first-order chi connectivity index (χ1) is 14.7. The van der Waals surface area contributed by atoms with Gasteiger partial charge in [0, 0.05) is 11.6 Å². The van der Waals surface area contributed by atoms with Gasteiger partial charge in [0.15, 0.2) is 5.41 Å². The van der Waals surface area contributed by atoms with E-state index in [0.717, 1.165) is 12.1 Å². The van der Waals surface area contributed by atoms with Crippen molar-refractivity contribution in [1.29, 1.82) is 0 Å². The topological polar surface area (TPSA) is 64.6 Å². The molecule has 164 valence electrons. The number of anilines is 1. The van der Waals surface area contributed by atoms with E-state index in [1.54, 1.807) is 24.3 Å². The van der Waals surface area contributed by atoms with Crippen LogP contribution in [0.25, 0.3) is 0 Å². The molecule has 1 aliphatic rings. The first kappa shape index (κ1) is 22.4. The molecule has 0 radical (unpaired) electrons. The van der Waals surface area contributed by atoms with Crippen LogP contribution in [0.4, 0.5) is 18.9 Å². The molecule has 0 aromatic heterocycles. The Balaban J connectivity index is 2.23. The lowest BCUT2D eigenvalue weighted by Gasteiger charge is -2.35. The Morgan fingerprint density at radius 1 is 1.23 bits per heavy atom. The highest BCUT2D eigenvalue weighted by Gasteiger charge is 2.54. The van der Waals surface area contributed by atoms with E-state index in [1.807, 2.05) is 0 Å². The molecule has 0 saturated carbocycles. The summed E-state index contributed by atoms with van der Waals surface area (Å²) in [5.41, 5.74) is -1.44. The molecule has 0 bridgehead atoms. The minimum absolute atomic E-state index is 0.00720. The van der Waals surface area contributed by atoms with Crippen LogP contribution in [0.1, 0.15) is 29.0 Å². The van der Waals surface area contributed by atoms with E-state index < -0.39 is 34.9 Å². The Morgan fingerprint density at radius 3 is 2.45 bits per heavy atom. The van der Waals surface area contributed by atoms with Crippen LogP contribution in [0, 0.1) is 5.41 Å². The maximum absolute atomic E-state index is 13.4. The molecule has 1 N–H and O–H groups in total. The van der Waals surface area contributed by atoms with Crippen molar-refractivity contribution in [3.8, 4) is 5.75 Å². The Kier molecular flexibility index (Phi) is 6.10. The van der Waals surface area contributed by atoms with Gasteiger partial charge in [-0.15, -0.1) is 6.58 Å². The highest BCUT2D eigenvalue weighted by molar-refractivity contribution is 6.11. The molecular weight excluding hydrogens is 411 g/mol. The minimum atomic E-state index is -4.54. The fraction of sp³-hybridized carbons (Fsp3) is 0.304. The van der Waals surface area contributed by atoms with Crippen LogP contribution in [0.2, 0.25) is 0 Å². The Hall–Kier alpha value is -3.29. The van der Waals surface area contributed by atoms with E-state index in [9.17, 15) is 22.8 Å². The van der Waals surface area contributed by atoms with Gasteiger partial charge in [0.2, 0.25) is 5.91 Å². The first-order valence-corrected chi connectivity index (χ1v) is 9.52. The van der Waals surface area contributed by atoms with E-state index >= 15 is 0 Å². The lowest BCUT2D eigenvalue weighted by Crippen LogP contribution is -2.47. The van der Waals surface area contributed by atoms with Crippen molar-refractivity contribution in [1.82, 2.24) is 0 Å². The maximum Gasteiger partial charge on any atom is 0.416 e. The summed E-state index contributed by atoms with van der Waals surface area (Å²) in [5.74, 6) is -1.67. The summed E-state index contributed by atoms with van der Waals surface area (Å²) in [5, 5.41) is 2.63. The molecule has 1 heterocycles. The largest absolute Gasteiger partial charge is 0.497 e. The molecule has 0 saturated heterocycles. The molecule has 1 amide bonds. The predicted molar refractivity (Wildman–Crippen MR) is 109 cm³/mol. The zero-order chi connectivity index (χ0) is 22.8. The third-order valence-electron chi connectivity index (χ3n) is 5.64. The summed E-state index contributed by atoms with van der Waals surface area (Å²) in [6, 6.07) is 9.84. The molecule has 0 aliphatic carbocycles. The second kappa shape index (κ2) is 8.45. The van der Waals surface area contributed by atoms with Gasteiger partial charge in [-0.25, -0.2) is 0 Å². The number of carbonyl (C=O) groups excluding carboxylic acids is 2. The van der Waals surface area contributed by atoms with E-state index in [4.69, 9.17) is 9.47 Å². The normalized spacial score (nSPS) is 20.8. The summed E-state index contributed by atoms with van der Waals surface area (Å²) >= 11 is 0. The van der Waals surface area contributed by atoms with Crippen molar-refractivity contribution in [2.75, 3.05) is 19.5 Å². The van der Waals surface area contributed by atoms with Gasteiger partial charge in [-0.3, -0.25) is 9.59 Å². The van der Waals surface area contributed by atoms with Gasteiger partial charge in [-0.05, 0) is 54.3 Å². The molecule has 0 fully saturated rings. The fourth-order valence-corrected chi connectivity index (χ4v) is 4.05. The third-order valence-corrected chi connectivity index (χ3v) is 5.64. The Bertz CT molecular complexity index is 1000. The smallest absolute Gasteiger partial charge is 0.416 e. The molecule has 3 rings (SSSR count). The summed E-state index contributed by atoms with van der Waals surface area (Å²) in [7, 11) is 2.67. The van der Waals surface area contributed by atoms with Crippen molar-refractivity contribution in [3.05, 3.63) is 71.8 Å². The average Bonchev–Trinajstić information content (AvgIpc) is 2.87. The van der Waals surface area contributed by atoms with Crippen molar-refractivity contribution >= 4 is 17.6 Å². The molecule has 2 atom stereocenters. The van der Waals surface area contributed by atoms with Gasteiger partial charge in [-0.1, -0.05) is 18.2 Å².